The zero-order valence-electron chi connectivity index (χ0n) is 10.0. The second-order valence-electron chi connectivity index (χ2n) is 4.20. The first kappa shape index (κ1) is 12.3. The lowest BCUT2D eigenvalue weighted by molar-refractivity contribution is 0.536. The topological polar surface area (TPSA) is 18.8 Å². The summed E-state index contributed by atoms with van der Waals surface area (Å²) in [6.45, 7) is 0.534. The zero-order chi connectivity index (χ0) is 13.2. The highest BCUT2D eigenvalue weighted by atomic mass is 35.5. The lowest BCUT2D eigenvalue weighted by Gasteiger charge is -2.18. The minimum Gasteiger partial charge on any atom is -0.309 e. The SMILES string of the molecule is Clc1ccc(-c2ccccc2N2C=NN(Cl)C2)cc1. The van der Waals surface area contributed by atoms with Crippen LogP contribution in [0.25, 0.3) is 11.1 Å². The third kappa shape index (κ3) is 2.53. The molecule has 0 amide bonds. The van der Waals surface area contributed by atoms with E-state index in [9.17, 15) is 0 Å². The monoisotopic (exact) mass is 291 g/mol. The van der Waals surface area contributed by atoms with E-state index in [2.05, 4.69) is 11.2 Å². The Kier molecular flexibility index (Phi) is 3.32. The van der Waals surface area contributed by atoms with Crippen molar-refractivity contribution in [3.63, 3.8) is 0 Å². The van der Waals surface area contributed by atoms with Gasteiger partial charge in [-0.1, -0.05) is 41.9 Å². The van der Waals surface area contributed by atoms with Crippen LogP contribution >= 0.6 is 23.4 Å². The maximum absolute atomic E-state index is 5.93. The Hall–Kier alpha value is -1.71. The molecule has 5 heteroatoms. The molecular formula is C14H11Cl2N3. The van der Waals surface area contributed by atoms with Crippen LogP contribution in [0.3, 0.4) is 0 Å². The molecule has 19 heavy (non-hydrogen) atoms. The summed E-state index contributed by atoms with van der Waals surface area (Å²) in [7, 11) is 0. The first-order valence-corrected chi connectivity index (χ1v) is 6.55. The van der Waals surface area contributed by atoms with E-state index in [1.165, 1.54) is 4.53 Å². The maximum Gasteiger partial charge on any atom is 0.130 e. The van der Waals surface area contributed by atoms with E-state index in [-0.39, 0.29) is 0 Å². The van der Waals surface area contributed by atoms with Crippen molar-refractivity contribution < 1.29 is 0 Å². The van der Waals surface area contributed by atoms with Crippen LogP contribution in [0, 0.1) is 0 Å². The molecule has 1 aliphatic rings. The van der Waals surface area contributed by atoms with Gasteiger partial charge in [-0.05, 0) is 23.8 Å². The predicted octanol–water partition coefficient (Wildman–Crippen LogP) is 4.18. The molecule has 3 nitrogen and oxygen atoms in total. The molecule has 0 fully saturated rings. The van der Waals surface area contributed by atoms with Gasteiger partial charge in [0.2, 0.25) is 0 Å². The van der Waals surface area contributed by atoms with Gasteiger partial charge in [0.15, 0.2) is 0 Å². The first-order valence-electron chi connectivity index (χ1n) is 5.83. The largest absolute Gasteiger partial charge is 0.309 e. The van der Waals surface area contributed by atoms with Gasteiger partial charge >= 0.3 is 0 Å². The lowest BCUT2D eigenvalue weighted by atomic mass is 10.0. The highest BCUT2D eigenvalue weighted by Gasteiger charge is 2.16. The number of hydrogen-bond acceptors (Lipinski definition) is 3. The average molecular weight is 292 g/mol. The van der Waals surface area contributed by atoms with Crippen LogP contribution in [0.4, 0.5) is 5.69 Å². The fraction of sp³-hybridized carbons (Fsp3) is 0.0714. The van der Waals surface area contributed by atoms with E-state index in [1.807, 2.05) is 47.4 Å². The highest BCUT2D eigenvalue weighted by molar-refractivity contribution is 6.30. The fourth-order valence-electron chi connectivity index (χ4n) is 2.05. The second-order valence-corrected chi connectivity index (χ2v) is 5.03. The summed E-state index contributed by atoms with van der Waals surface area (Å²) < 4.78 is 1.37. The van der Waals surface area contributed by atoms with Crippen LogP contribution in [0.5, 0.6) is 0 Å². The molecule has 96 valence electrons. The van der Waals surface area contributed by atoms with Crippen molar-refractivity contribution in [3.8, 4) is 11.1 Å². The van der Waals surface area contributed by atoms with Gasteiger partial charge in [-0.3, -0.25) is 0 Å². The standard InChI is InChI=1S/C14H11Cl2N3/c15-12-7-5-11(6-8-12)13-3-1-2-4-14(13)18-9-17-19(16)10-18/h1-9H,10H2. The minimum absolute atomic E-state index is 0.534. The summed E-state index contributed by atoms with van der Waals surface area (Å²) in [5.74, 6) is 0. The van der Waals surface area contributed by atoms with Crippen molar-refractivity contribution in [2.45, 2.75) is 0 Å². The molecule has 3 rings (SSSR count). The third-order valence-electron chi connectivity index (χ3n) is 2.95. The molecule has 0 unspecified atom stereocenters. The molecule has 0 saturated heterocycles. The van der Waals surface area contributed by atoms with Crippen molar-refractivity contribution in [2.24, 2.45) is 5.10 Å². The molecule has 0 saturated carbocycles. The summed E-state index contributed by atoms with van der Waals surface area (Å²) in [6.07, 6.45) is 1.72. The molecule has 0 aliphatic carbocycles. The summed E-state index contributed by atoms with van der Waals surface area (Å²) in [4.78, 5) is 2.00. The summed E-state index contributed by atoms with van der Waals surface area (Å²) in [5.41, 5.74) is 3.30. The van der Waals surface area contributed by atoms with E-state index >= 15 is 0 Å². The molecule has 2 aromatic carbocycles. The second kappa shape index (κ2) is 5.11. The Morgan fingerprint density at radius 2 is 1.74 bits per heavy atom. The number of halogens is 2. The Morgan fingerprint density at radius 1 is 1.00 bits per heavy atom. The number of rotatable bonds is 2. The van der Waals surface area contributed by atoms with Crippen molar-refractivity contribution in [1.29, 1.82) is 0 Å². The van der Waals surface area contributed by atoms with Gasteiger partial charge in [-0.2, -0.15) is 4.53 Å². The molecule has 1 aliphatic heterocycles. The number of nitrogens with zero attached hydrogens (tertiary/aromatic N) is 3. The maximum atomic E-state index is 5.93. The average Bonchev–Trinajstić information content (AvgIpc) is 2.86. The highest BCUT2D eigenvalue weighted by Crippen LogP contribution is 2.32. The van der Waals surface area contributed by atoms with Gasteiger partial charge in [-0.15, -0.1) is 5.10 Å². The molecule has 0 aromatic heterocycles. The Bertz CT molecular complexity index is 610. The quantitative estimate of drug-likeness (QED) is 0.773. The van der Waals surface area contributed by atoms with Crippen molar-refractivity contribution >= 4 is 35.4 Å². The van der Waals surface area contributed by atoms with Gasteiger partial charge in [-0.25, -0.2) is 0 Å². The van der Waals surface area contributed by atoms with Crippen LogP contribution in [-0.4, -0.2) is 17.5 Å². The molecule has 2 aromatic rings. The van der Waals surface area contributed by atoms with E-state index in [0.29, 0.717) is 6.67 Å². The molecule has 1 heterocycles. The smallest absolute Gasteiger partial charge is 0.130 e. The number of benzene rings is 2. The number of para-hydroxylation sites is 1. The number of hydrazone groups is 1. The number of hydrogen-bond donors (Lipinski definition) is 0. The van der Waals surface area contributed by atoms with Crippen molar-refractivity contribution in [3.05, 3.63) is 53.6 Å². The van der Waals surface area contributed by atoms with Crippen LogP contribution in [0.2, 0.25) is 5.02 Å². The van der Waals surface area contributed by atoms with Crippen LogP contribution in [0.15, 0.2) is 53.6 Å². The number of anilines is 1. The summed E-state index contributed by atoms with van der Waals surface area (Å²) in [5, 5.41) is 4.75. The molecular weight excluding hydrogens is 281 g/mol. The van der Waals surface area contributed by atoms with Crippen LogP contribution < -0.4 is 4.90 Å². The van der Waals surface area contributed by atoms with Crippen LogP contribution in [0.1, 0.15) is 0 Å². The van der Waals surface area contributed by atoms with Crippen molar-refractivity contribution in [1.82, 2.24) is 4.53 Å². The van der Waals surface area contributed by atoms with Gasteiger partial charge in [0.1, 0.15) is 13.0 Å². The van der Waals surface area contributed by atoms with E-state index in [4.69, 9.17) is 23.4 Å². The Morgan fingerprint density at radius 3 is 2.42 bits per heavy atom. The Balaban J connectivity index is 2.02. The van der Waals surface area contributed by atoms with Crippen LogP contribution in [-0.2, 0) is 0 Å². The lowest BCUT2D eigenvalue weighted by Crippen LogP contribution is -2.22. The molecule has 0 atom stereocenters. The first-order chi connectivity index (χ1) is 9.24. The van der Waals surface area contributed by atoms with Gasteiger partial charge < -0.3 is 4.90 Å². The van der Waals surface area contributed by atoms with E-state index in [0.717, 1.165) is 21.8 Å². The van der Waals surface area contributed by atoms with Gasteiger partial charge in [0, 0.05) is 22.4 Å². The van der Waals surface area contributed by atoms with Crippen molar-refractivity contribution in [2.75, 3.05) is 11.6 Å². The van der Waals surface area contributed by atoms with E-state index < -0.39 is 0 Å². The molecule has 0 radical (unpaired) electrons. The summed E-state index contributed by atoms with van der Waals surface area (Å²) >= 11 is 11.8. The van der Waals surface area contributed by atoms with E-state index in [1.54, 1.807) is 6.34 Å². The minimum atomic E-state index is 0.534. The predicted molar refractivity (Wildman–Crippen MR) is 80.4 cm³/mol. The molecule has 0 N–H and O–H groups in total. The molecule has 0 spiro atoms. The van der Waals surface area contributed by atoms with Gasteiger partial charge in [0.05, 0.1) is 5.69 Å². The molecule has 0 bridgehead atoms. The third-order valence-corrected chi connectivity index (χ3v) is 3.40. The fourth-order valence-corrected chi connectivity index (χ4v) is 2.33. The van der Waals surface area contributed by atoms with Gasteiger partial charge in [0.25, 0.3) is 0 Å². The zero-order valence-corrected chi connectivity index (χ0v) is 11.5. The normalized spacial score (nSPS) is 14.2. The summed E-state index contributed by atoms with van der Waals surface area (Å²) in [6, 6.07) is 15.9. The Labute approximate surface area is 121 Å².